The van der Waals surface area contributed by atoms with E-state index < -0.39 is 27.8 Å². The fraction of sp³-hybridized carbons (Fsp3) is 0.500. The maximum absolute atomic E-state index is 13.8. The van der Waals surface area contributed by atoms with Crippen LogP contribution in [-0.4, -0.2) is 57.7 Å². The fourth-order valence-electron chi connectivity index (χ4n) is 1.79. The summed E-state index contributed by atoms with van der Waals surface area (Å²) in [5, 5.41) is 9.61. The number of methoxy groups -OCH3 is 2. The lowest BCUT2D eigenvalue weighted by Gasteiger charge is -2.23. The average molecular weight is 323 g/mol. The first-order valence-electron chi connectivity index (χ1n) is 5.93. The number of benzene rings is 1. The minimum atomic E-state index is -4.27. The highest BCUT2D eigenvalue weighted by molar-refractivity contribution is 7.85. The molecule has 0 aliphatic heterocycles. The number of nitrogens with zero attached hydrogens (tertiary/aromatic N) is 1. The van der Waals surface area contributed by atoms with Crippen molar-refractivity contribution in [2.75, 3.05) is 38.5 Å². The number of aliphatic hydroxyl groups is 1. The first-order valence-corrected chi connectivity index (χ1v) is 7.54. The van der Waals surface area contributed by atoms with Crippen molar-refractivity contribution in [3.8, 4) is 11.5 Å². The molecular weight excluding hydrogens is 305 g/mol. The Hall–Kier alpha value is -1.58. The number of anilines is 1. The zero-order chi connectivity index (χ0) is 16.2. The van der Waals surface area contributed by atoms with Crippen LogP contribution in [0.2, 0.25) is 0 Å². The molecule has 7 nitrogen and oxygen atoms in total. The summed E-state index contributed by atoms with van der Waals surface area (Å²) in [5.41, 5.74) is 0.458. The van der Waals surface area contributed by atoms with Crippen molar-refractivity contribution in [1.29, 1.82) is 0 Å². The third kappa shape index (κ3) is 5.03. The Morgan fingerprint density at radius 1 is 1.29 bits per heavy atom. The molecule has 1 aromatic rings. The van der Waals surface area contributed by atoms with Gasteiger partial charge in [0.2, 0.25) is 5.82 Å². The number of aliphatic hydroxyl groups excluding tert-OH is 1. The van der Waals surface area contributed by atoms with E-state index in [1.165, 1.54) is 31.3 Å². The van der Waals surface area contributed by atoms with E-state index in [4.69, 9.17) is 14.0 Å². The second-order valence-electron chi connectivity index (χ2n) is 4.45. The van der Waals surface area contributed by atoms with Crippen molar-refractivity contribution in [1.82, 2.24) is 0 Å². The molecule has 0 fully saturated rings. The average Bonchev–Trinajstić information content (AvgIpc) is 2.36. The molecule has 21 heavy (non-hydrogen) atoms. The maximum atomic E-state index is 13.8. The summed E-state index contributed by atoms with van der Waals surface area (Å²) in [6.45, 7) is -0.0856. The zero-order valence-electron chi connectivity index (χ0n) is 11.9. The minimum absolute atomic E-state index is 0.0412. The second-order valence-corrected chi connectivity index (χ2v) is 5.94. The van der Waals surface area contributed by atoms with E-state index in [0.29, 0.717) is 5.69 Å². The number of likely N-dealkylation sites (N-methyl/N-ethyl adjacent to an activating group) is 1. The molecule has 2 N–H and O–H groups in total. The predicted molar refractivity (Wildman–Crippen MR) is 75.2 cm³/mol. The Balaban J connectivity index is 2.94. The molecule has 0 radical (unpaired) electrons. The van der Waals surface area contributed by atoms with Crippen molar-refractivity contribution < 1.29 is 31.9 Å². The normalized spacial score (nSPS) is 12.9. The van der Waals surface area contributed by atoms with Crippen LogP contribution in [-0.2, 0) is 10.1 Å². The number of ether oxygens (including phenoxy) is 2. The molecule has 0 saturated heterocycles. The van der Waals surface area contributed by atoms with Gasteiger partial charge in [0.25, 0.3) is 10.1 Å². The first-order chi connectivity index (χ1) is 9.67. The fourth-order valence-corrected chi connectivity index (χ4v) is 2.38. The second kappa shape index (κ2) is 6.92. The number of hydrogen-bond donors (Lipinski definition) is 2. The van der Waals surface area contributed by atoms with Crippen LogP contribution in [0.4, 0.5) is 10.1 Å². The van der Waals surface area contributed by atoms with E-state index >= 15 is 0 Å². The van der Waals surface area contributed by atoms with Crippen LogP contribution in [0.1, 0.15) is 0 Å². The Labute approximate surface area is 122 Å². The van der Waals surface area contributed by atoms with Crippen LogP contribution in [0.3, 0.4) is 0 Å². The summed E-state index contributed by atoms with van der Waals surface area (Å²) >= 11 is 0. The predicted octanol–water partition coefficient (Wildman–Crippen LogP) is 0.528. The monoisotopic (exact) mass is 323 g/mol. The van der Waals surface area contributed by atoms with E-state index in [0.717, 1.165) is 0 Å². The summed E-state index contributed by atoms with van der Waals surface area (Å²) in [5.74, 6) is -1.52. The summed E-state index contributed by atoms with van der Waals surface area (Å²) in [4.78, 5) is 1.49. The molecule has 1 atom stereocenters. The van der Waals surface area contributed by atoms with Crippen LogP contribution in [0.25, 0.3) is 0 Å². The smallest absolute Gasteiger partial charge is 0.267 e. The third-order valence-corrected chi connectivity index (χ3v) is 3.56. The lowest BCUT2D eigenvalue weighted by atomic mass is 10.2. The van der Waals surface area contributed by atoms with Gasteiger partial charge in [0, 0.05) is 31.4 Å². The Bertz CT molecular complexity index is 566. The van der Waals surface area contributed by atoms with Gasteiger partial charge in [0.05, 0.1) is 20.3 Å². The molecule has 0 aromatic heterocycles. The number of hydrogen-bond acceptors (Lipinski definition) is 6. The number of halogens is 1. The molecule has 9 heteroatoms. The zero-order valence-corrected chi connectivity index (χ0v) is 12.7. The van der Waals surface area contributed by atoms with E-state index in [1.807, 2.05) is 0 Å². The molecule has 0 bridgehead atoms. The molecule has 1 aromatic carbocycles. The highest BCUT2D eigenvalue weighted by atomic mass is 32.2. The Morgan fingerprint density at radius 3 is 2.14 bits per heavy atom. The van der Waals surface area contributed by atoms with Gasteiger partial charge in [-0.2, -0.15) is 12.8 Å². The van der Waals surface area contributed by atoms with Gasteiger partial charge in [-0.25, -0.2) is 0 Å². The summed E-state index contributed by atoms with van der Waals surface area (Å²) in [6.07, 6.45) is -1.30. The molecule has 0 aliphatic carbocycles. The van der Waals surface area contributed by atoms with Gasteiger partial charge >= 0.3 is 0 Å². The highest BCUT2D eigenvalue weighted by Gasteiger charge is 2.19. The quantitative estimate of drug-likeness (QED) is 0.706. The molecule has 1 rings (SSSR count). The SMILES string of the molecule is COc1cc(N(C)CC(O)CS(=O)(=O)O)cc(OC)c1F. The van der Waals surface area contributed by atoms with E-state index in [-0.39, 0.29) is 18.0 Å². The minimum Gasteiger partial charge on any atom is -0.493 e. The van der Waals surface area contributed by atoms with Crippen LogP contribution >= 0.6 is 0 Å². The highest BCUT2D eigenvalue weighted by Crippen LogP contribution is 2.32. The summed E-state index contributed by atoms with van der Waals surface area (Å²) in [7, 11) is -0.1000. The van der Waals surface area contributed by atoms with Gasteiger partial charge in [-0.05, 0) is 0 Å². The lowest BCUT2D eigenvalue weighted by molar-refractivity contribution is 0.201. The molecular formula is C12H18FNO6S. The largest absolute Gasteiger partial charge is 0.493 e. The van der Waals surface area contributed by atoms with Gasteiger partial charge in [0.1, 0.15) is 5.75 Å². The number of rotatable bonds is 7. The van der Waals surface area contributed by atoms with Gasteiger partial charge in [-0.1, -0.05) is 0 Å². The molecule has 120 valence electrons. The van der Waals surface area contributed by atoms with Crippen LogP contribution in [0.5, 0.6) is 11.5 Å². The van der Waals surface area contributed by atoms with Crippen molar-refractivity contribution >= 4 is 15.8 Å². The maximum Gasteiger partial charge on any atom is 0.267 e. The molecule has 0 spiro atoms. The van der Waals surface area contributed by atoms with Crippen LogP contribution in [0.15, 0.2) is 12.1 Å². The van der Waals surface area contributed by atoms with Gasteiger partial charge in [-0.15, -0.1) is 0 Å². The van der Waals surface area contributed by atoms with Crippen molar-refractivity contribution in [3.63, 3.8) is 0 Å². The standard InChI is InChI=1S/C12H18FNO6S/c1-14(6-9(15)7-21(16,17)18)8-4-10(19-2)12(13)11(5-8)20-3/h4-5,9,15H,6-7H2,1-3H3,(H,16,17,18). The van der Waals surface area contributed by atoms with Crippen molar-refractivity contribution in [3.05, 3.63) is 17.9 Å². The Kier molecular flexibility index (Phi) is 5.76. The molecule has 1 unspecified atom stereocenters. The van der Waals surface area contributed by atoms with E-state index in [2.05, 4.69) is 0 Å². The van der Waals surface area contributed by atoms with Crippen molar-refractivity contribution in [2.24, 2.45) is 0 Å². The van der Waals surface area contributed by atoms with Crippen molar-refractivity contribution in [2.45, 2.75) is 6.10 Å². The van der Waals surface area contributed by atoms with Crippen LogP contribution < -0.4 is 14.4 Å². The summed E-state index contributed by atoms with van der Waals surface area (Å²) < 4.78 is 53.6. The van der Waals surface area contributed by atoms with Gasteiger partial charge < -0.3 is 19.5 Å². The topological polar surface area (TPSA) is 96.3 Å². The molecule has 0 saturated carbocycles. The molecule has 0 heterocycles. The first kappa shape index (κ1) is 17.5. The van der Waals surface area contributed by atoms with Gasteiger partial charge in [0.15, 0.2) is 11.5 Å². The molecule has 0 aliphatic rings. The lowest BCUT2D eigenvalue weighted by Crippen LogP contribution is -2.33. The van der Waals surface area contributed by atoms with Gasteiger partial charge in [-0.3, -0.25) is 4.55 Å². The van der Waals surface area contributed by atoms with E-state index in [1.54, 1.807) is 7.05 Å². The Morgan fingerprint density at radius 2 is 1.76 bits per heavy atom. The third-order valence-electron chi connectivity index (χ3n) is 2.76. The van der Waals surface area contributed by atoms with E-state index in [9.17, 15) is 17.9 Å². The summed E-state index contributed by atoms with van der Waals surface area (Å²) in [6, 6.07) is 2.77. The molecule has 0 amide bonds. The van der Waals surface area contributed by atoms with Crippen LogP contribution in [0, 0.1) is 5.82 Å².